The molecule has 0 aromatic heterocycles. The molecule has 73 heavy (non-hydrogen) atoms. The average molecular weight is 1030 g/mol. The Bertz CT molecular complexity index is 1460. The van der Waals surface area contributed by atoms with Gasteiger partial charge in [-0.2, -0.15) is 0 Å². The summed E-state index contributed by atoms with van der Waals surface area (Å²) in [5.74, 6) is -3.13. The number of carbonyl (C=O) groups excluding carboxylic acids is 3. The van der Waals surface area contributed by atoms with E-state index >= 15 is 0 Å². The third-order valence-electron chi connectivity index (χ3n) is 13.4. The van der Waals surface area contributed by atoms with Gasteiger partial charge in [-0.25, -0.2) is 4.79 Å². The number of unbranched alkanes of at least 4 members (excludes halogenated alkanes) is 28. The van der Waals surface area contributed by atoms with Gasteiger partial charge in [-0.1, -0.05) is 217 Å². The minimum Gasteiger partial charge on any atom is -0.479 e. The van der Waals surface area contributed by atoms with Crippen LogP contribution in [0.15, 0.2) is 48.6 Å². The lowest BCUT2D eigenvalue weighted by molar-refractivity contribution is -0.301. The van der Waals surface area contributed by atoms with E-state index in [0.29, 0.717) is 19.3 Å². The zero-order chi connectivity index (χ0) is 53.3. The Morgan fingerprint density at radius 3 is 1.32 bits per heavy atom. The van der Waals surface area contributed by atoms with Crippen LogP contribution < -0.4 is 0 Å². The molecular weight excluding hydrogens is 925 g/mol. The molecule has 422 valence electrons. The highest BCUT2D eigenvalue weighted by molar-refractivity contribution is 5.74. The SMILES string of the molecule is CCC/C=C\C/C=C\CCCCCCCC(=O)OC1C(OCC(COC(=O)CCCCCCCCCCC/C=C\C/C=C\CCCCC)OC(=O)CCCCCCCCCCCCC)OC(C(=O)O)C(O)C1O. The van der Waals surface area contributed by atoms with E-state index in [2.05, 4.69) is 69.4 Å². The van der Waals surface area contributed by atoms with Crippen LogP contribution in [0.4, 0.5) is 0 Å². The van der Waals surface area contributed by atoms with Crippen molar-refractivity contribution >= 4 is 23.9 Å². The highest BCUT2D eigenvalue weighted by Crippen LogP contribution is 2.26. The van der Waals surface area contributed by atoms with Crippen LogP contribution in [0.2, 0.25) is 0 Å². The predicted octanol–water partition coefficient (Wildman–Crippen LogP) is 15.0. The summed E-state index contributed by atoms with van der Waals surface area (Å²) in [7, 11) is 0. The first-order chi connectivity index (χ1) is 35.6. The molecule has 12 heteroatoms. The van der Waals surface area contributed by atoms with E-state index in [1.165, 1.54) is 103 Å². The molecule has 1 aliphatic rings. The molecule has 12 nitrogen and oxygen atoms in total. The fourth-order valence-electron chi connectivity index (χ4n) is 8.79. The highest BCUT2D eigenvalue weighted by Gasteiger charge is 2.50. The molecule has 0 aromatic carbocycles. The van der Waals surface area contributed by atoms with Crippen molar-refractivity contribution in [3.05, 3.63) is 48.6 Å². The van der Waals surface area contributed by atoms with Gasteiger partial charge in [0.05, 0.1) is 6.61 Å². The van der Waals surface area contributed by atoms with Crippen molar-refractivity contribution in [3.63, 3.8) is 0 Å². The monoisotopic (exact) mass is 1030 g/mol. The molecule has 0 aromatic rings. The molecule has 1 aliphatic heterocycles. The molecule has 1 rings (SSSR count). The molecule has 6 unspecified atom stereocenters. The van der Waals surface area contributed by atoms with Gasteiger partial charge < -0.3 is 39.0 Å². The second-order valence-corrected chi connectivity index (χ2v) is 20.3. The van der Waals surface area contributed by atoms with Gasteiger partial charge in [-0.15, -0.1) is 0 Å². The van der Waals surface area contributed by atoms with Crippen molar-refractivity contribution in [3.8, 4) is 0 Å². The van der Waals surface area contributed by atoms with E-state index < -0.39 is 67.3 Å². The maximum Gasteiger partial charge on any atom is 0.335 e. The van der Waals surface area contributed by atoms with E-state index in [-0.39, 0.29) is 25.9 Å². The van der Waals surface area contributed by atoms with Crippen LogP contribution in [-0.4, -0.2) is 89.2 Å². The third-order valence-corrected chi connectivity index (χ3v) is 13.4. The van der Waals surface area contributed by atoms with Crippen LogP contribution in [0, 0.1) is 0 Å². The number of esters is 3. The summed E-state index contributed by atoms with van der Waals surface area (Å²) in [5.41, 5.74) is 0. The highest BCUT2D eigenvalue weighted by atomic mass is 16.7. The summed E-state index contributed by atoms with van der Waals surface area (Å²) in [6, 6.07) is 0. The van der Waals surface area contributed by atoms with E-state index in [0.717, 1.165) is 103 Å². The minimum atomic E-state index is -1.91. The fourth-order valence-corrected chi connectivity index (χ4v) is 8.79. The number of ether oxygens (including phenoxy) is 5. The molecule has 0 radical (unpaired) electrons. The average Bonchev–Trinajstić information content (AvgIpc) is 3.37. The van der Waals surface area contributed by atoms with Crippen LogP contribution >= 0.6 is 0 Å². The molecule has 1 heterocycles. The maximum atomic E-state index is 13.1. The normalized spacial score (nSPS) is 18.6. The molecule has 0 bridgehead atoms. The molecule has 0 spiro atoms. The number of hydrogen-bond acceptors (Lipinski definition) is 11. The Hall–Kier alpha value is -3.32. The summed E-state index contributed by atoms with van der Waals surface area (Å²) in [6.45, 7) is 5.89. The molecule has 1 fully saturated rings. The van der Waals surface area contributed by atoms with E-state index in [1.54, 1.807) is 0 Å². The topological polar surface area (TPSA) is 175 Å². The molecule has 6 atom stereocenters. The van der Waals surface area contributed by atoms with E-state index in [9.17, 15) is 34.5 Å². The minimum absolute atomic E-state index is 0.0455. The van der Waals surface area contributed by atoms with Gasteiger partial charge in [0.25, 0.3) is 0 Å². The summed E-state index contributed by atoms with van der Waals surface area (Å²) >= 11 is 0. The lowest BCUT2D eigenvalue weighted by atomic mass is 9.98. The number of hydrogen-bond donors (Lipinski definition) is 3. The van der Waals surface area contributed by atoms with Crippen molar-refractivity contribution in [1.82, 2.24) is 0 Å². The van der Waals surface area contributed by atoms with Crippen molar-refractivity contribution in [2.45, 2.75) is 302 Å². The quantitative estimate of drug-likeness (QED) is 0.0228. The van der Waals surface area contributed by atoms with Crippen LogP contribution in [-0.2, 0) is 42.9 Å². The number of aliphatic carboxylic acids is 1. The van der Waals surface area contributed by atoms with Crippen molar-refractivity contribution in [1.29, 1.82) is 0 Å². The maximum absolute atomic E-state index is 13.1. The summed E-state index contributed by atoms with van der Waals surface area (Å²) in [4.78, 5) is 51.0. The largest absolute Gasteiger partial charge is 0.479 e. The number of aliphatic hydroxyl groups is 2. The van der Waals surface area contributed by atoms with E-state index in [4.69, 9.17) is 23.7 Å². The Labute approximate surface area is 443 Å². The first kappa shape index (κ1) is 67.7. The molecular formula is C61H106O12. The van der Waals surface area contributed by atoms with Gasteiger partial charge in [0, 0.05) is 19.3 Å². The van der Waals surface area contributed by atoms with Crippen LogP contribution in [0.25, 0.3) is 0 Å². The van der Waals surface area contributed by atoms with Crippen LogP contribution in [0.5, 0.6) is 0 Å². The molecule has 3 N–H and O–H groups in total. The summed E-state index contributed by atoms with van der Waals surface area (Å²) in [5, 5.41) is 31.4. The smallest absolute Gasteiger partial charge is 0.335 e. The number of aliphatic hydroxyl groups excluding tert-OH is 2. The van der Waals surface area contributed by atoms with Gasteiger partial charge >= 0.3 is 23.9 Å². The van der Waals surface area contributed by atoms with Gasteiger partial charge in [0.1, 0.15) is 18.8 Å². The zero-order valence-corrected chi connectivity index (χ0v) is 46.4. The lowest BCUT2D eigenvalue weighted by Crippen LogP contribution is -2.61. The summed E-state index contributed by atoms with van der Waals surface area (Å²) < 4.78 is 28.4. The summed E-state index contributed by atoms with van der Waals surface area (Å²) in [6.07, 6.45) is 46.6. The molecule has 0 amide bonds. The first-order valence-electron chi connectivity index (χ1n) is 29.6. The van der Waals surface area contributed by atoms with Crippen molar-refractivity contribution in [2.75, 3.05) is 13.2 Å². The first-order valence-corrected chi connectivity index (χ1v) is 29.6. The number of rotatable bonds is 50. The van der Waals surface area contributed by atoms with Gasteiger partial charge in [-0.05, 0) is 77.0 Å². The number of carboxylic acids is 1. The molecule has 0 aliphatic carbocycles. The molecule has 1 saturated heterocycles. The second-order valence-electron chi connectivity index (χ2n) is 20.3. The van der Waals surface area contributed by atoms with Crippen LogP contribution in [0.3, 0.4) is 0 Å². The van der Waals surface area contributed by atoms with E-state index in [1.807, 2.05) is 0 Å². The fraction of sp³-hybridized carbons (Fsp3) is 0.803. The Kier molecular flexibility index (Phi) is 45.9. The number of carbonyl (C=O) groups is 4. The number of allylic oxidation sites excluding steroid dienone is 8. The lowest BCUT2D eigenvalue weighted by Gasteiger charge is -2.40. The van der Waals surface area contributed by atoms with Gasteiger partial charge in [0.2, 0.25) is 0 Å². The Balaban J connectivity index is 2.66. The zero-order valence-electron chi connectivity index (χ0n) is 46.4. The van der Waals surface area contributed by atoms with Crippen LogP contribution in [0.1, 0.15) is 265 Å². The van der Waals surface area contributed by atoms with Crippen molar-refractivity contribution < 1.29 is 58.2 Å². The van der Waals surface area contributed by atoms with Gasteiger partial charge in [-0.3, -0.25) is 14.4 Å². The molecule has 0 saturated carbocycles. The number of carboxylic acid groups (broad SMARTS) is 1. The Morgan fingerprint density at radius 1 is 0.452 bits per heavy atom. The standard InChI is InChI=1S/C61H106O12/c1-4-7-10-13-16-19-22-24-25-26-27-28-29-31-33-35-38-41-44-47-53(62)69-50-52(71-54(63)48-45-42-39-36-32-21-18-15-12-9-6-3)51-70-61-59(57(66)56(65)58(73-61)60(67)68)72-55(64)49-46-43-40-37-34-30-23-20-17-14-11-8-5-2/h11,14,16,19-20,23-25,52,56-59,61,65-66H,4-10,12-13,15,17-18,21-22,26-51H2,1-3H3,(H,67,68)/b14-11-,19-16-,23-20-,25-24-. The predicted molar refractivity (Wildman–Crippen MR) is 294 cm³/mol. The second kappa shape index (κ2) is 49.6. The Morgan fingerprint density at radius 2 is 0.849 bits per heavy atom. The van der Waals surface area contributed by atoms with Crippen molar-refractivity contribution in [2.24, 2.45) is 0 Å². The van der Waals surface area contributed by atoms with Gasteiger partial charge in [0.15, 0.2) is 24.6 Å². The third kappa shape index (κ3) is 39.7.